The van der Waals surface area contributed by atoms with Crippen LogP contribution in [0.25, 0.3) is 0 Å². The van der Waals surface area contributed by atoms with E-state index in [9.17, 15) is 14.4 Å². The van der Waals surface area contributed by atoms with Gasteiger partial charge in [-0.25, -0.2) is 14.4 Å². The van der Waals surface area contributed by atoms with Gasteiger partial charge in [0.25, 0.3) is 0 Å². The summed E-state index contributed by atoms with van der Waals surface area (Å²) in [5, 5.41) is 0. The number of carbonyl (C=O) groups is 3. The molecule has 7 rings (SSSR count). The second kappa shape index (κ2) is 16.4. The maximum atomic E-state index is 13.6. The molecule has 0 saturated heterocycles. The van der Waals surface area contributed by atoms with E-state index in [0.29, 0.717) is 58.8 Å². The standard InChI is InChI=1S/C48H60O6/c1-32(31-52-44(49)34-17-8-5-9-18-34)15-14-16-33(2)43-42(54-46(51)36-21-12-7-13-22-36)30-41-39-24-23-37-29-38(53-45(50)35-19-10-6-11-20-35)25-27-47(37,3)40(39)26-28-48(41,43)4/h5-13,17-22,32-33,37-43H,14-16,23-31H2,1-4H3/t32?,33-,37?,38?,39-,40+,41+,42?,43+,47+,48+/m1/s1. The molecule has 6 nitrogen and oxygen atoms in total. The van der Waals surface area contributed by atoms with Gasteiger partial charge in [0.1, 0.15) is 12.2 Å². The number of carbonyl (C=O) groups excluding carboxylic acids is 3. The Hall–Kier alpha value is -3.93. The predicted octanol–water partition coefficient (Wildman–Crippen LogP) is 11.0. The Kier molecular flexibility index (Phi) is 11.7. The summed E-state index contributed by atoms with van der Waals surface area (Å²) < 4.78 is 18.3. The van der Waals surface area contributed by atoms with Gasteiger partial charge in [0.15, 0.2) is 0 Å². The van der Waals surface area contributed by atoms with Crippen molar-refractivity contribution in [2.75, 3.05) is 6.61 Å². The second-order valence-corrected chi connectivity index (χ2v) is 17.9. The van der Waals surface area contributed by atoms with Gasteiger partial charge in [0.2, 0.25) is 0 Å². The van der Waals surface area contributed by atoms with Gasteiger partial charge >= 0.3 is 17.9 Å². The molecular formula is C48H60O6. The smallest absolute Gasteiger partial charge is 0.338 e. The largest absolute Gasteiger partial charge is 0.462 e. The molecule has 288 valence electrons. The molecular weight excluding hydrogens is 673 g/mol. The fourth-order valence-electron chi connectivity index (χ4n) is 12.0. The van der Waals surface area contributed by atoms with E-state index < -0.39 is 0 Å². The lowest BCUT2D eigenvalue weighted by Gasteiger charge is -2.61. The molecule has 4 fully saturated rings. The van der Waals surface area contributed by atoms with E-state index >= 15 is 0 Å². The summed E-state index contributed by atoms with van der Waals surface area (Å²) in [5.41, 5.74) is 2.18. The van der Waals surface area contributed by atoms with Crippen LogP contribution in [-0.2, 0) is 14.2 Å². The lowest BCUT2D eigenvalue weighted by atomic mass is 9.44. The van der Waals surface area contributed by atoms with Crippen molar-refractivity contribution in [1.82, 2.24) is 0 Å². The zero-order valence-corrected chi connectivity index (χ0v) is 32.8. The minimum Gasteiger partial charge on any atom is -0.462 e. The summed E-state index contributed by atoms with van der Waals surface area (Å²) in [6.07, 6.45) is 11.6. The van der Waals surface area contributed by atoms with Crippen LogP contribution in [0.1, 0.15) is 129 Å². The highest BCUT2D eigenvalue weighted by molar-refractivity contribution is 5.90. The van der Waals surface area contributed by atoms with Gasteiger partial charge < -0.3 is 14.2 Å². The van der Waals surface area contributed by atoms with Crippen molar-refractivity contribution in [3.05, 3.63) is 108 Å². The summed E-state index contributed by atoms with van der Waals surface area (Å²) in [4.78, 5) is 39.1. The molecule has 0 aromatic heterocycles. The Bertz CT molecular complexity index is 1730. The van der Waals surface area contributed by atoms with Crippen molar-refractivity contribution in [3.63, 3.8) is 0 Å². The third kappa shape index (κ3) is 7.91. The number of ether oxygens (including phenoxy) is 3. The van der Waals surface area contributed by atoms with Crippen molar-refractivity contribution >= 4 is 17.9 Å². The summed E-state index contributed by atoms with van der Waals surface area (Å²) in [6, 6.07) is 28.1. The van der Waals surface area contributed by atoms with Crippen molar-refractivity contribution in [3.8, 4) is 0 Å². The molecule has 54 heavy (non-hydrogen) atoms. The average molecular weight is 733 g/mol. The molecule has 3 aromatic carbocycles. The molecule has 4 saturated carbocycles. The van der Waals surface area contributed by atoms with Gasteiger partial charge in [-0.3, -0.25) is 0 Å². The third-order valence-electron chi connectivity index (χ3n) is 14.7. The molecule has 0 radical (unpaired) electrons. The third-order valence-corrected chi connectivity index (χ3v) is 14.7. The first-order valence-electron chi connectivity index (χ1n) is 20.8. The van der Waals surface area contributed by atoms with Crippen molar-refractivity contribution < 1.29 is 28.6 Å². The monoisotopic (exact) mass is 732 g/mol. The van der Waals surface area contributed by atoms with Gasteiger partial charge in [-0.2, -0.15) is 0 Å². The van der Waals surface area contributed by atoms with Crippen LogP contribution in [0.2, 0.25) is 0 Å². The first-order chi connectivity index (χ1) is 26.1. The van der Waals surface area contributed by atoms with Gasteiger partial charge in [-0.05, 0) is 141 Å². The lowest BCUT2D eigenvalue weighted by Crippen LogP contribution is -2.54. The highest BCUT2D eigenvalue weighted by Crippen LogP contribution is 2.69. The van der Waals surface area contributed by atoms with Crippen molar-refractivity contribution in [2.24, 2.45) is 52.3 Å². The average Bonchev–Trinajstić information content (AvgIpc) is 3.49. The molecule has 0 amide bonds. The van der Waals surface area contributed by atoms with Crippen LogP contribution in [0.4, 0.5) is 0 Å². The molecule has 6 heteroatoms. The normalized spacial score (nSPS) is 32.6. The minimum atomic E-state index is -0.262. The van der Waals surface area contributed by atoms with E-state index in [-0.39, 0.29) is 46.9 Å². The Balaban J connectivity index is 1.02. The first-order valence-corrected chi connectivity index (χ1v) is 20.8. The van der Waals surface area contributed by atoms with Gasteiger partial charge in [0.05, 0.1) is 23.3 Å². The predicted molar refractivity (Wildman–Crippen MR) is 211 cm³/mol. The molecule has 0 N–H and O–H groups in total. The van der Waals surface area contributed by atoms with Crippen LogP contribution >= 0.6 is 0 Å². The molecule has 4 aliphatic carbocycles. The fourth-order valence-corrected chi connectivity index (χ4v) is 12.0. The zero-order valence-electron chi connectivity index (χ0n) is 32.8. The van der Waals surface area contributed by atoms with Crippen molar-refractivity contribution in [1.29, 1.82) is 0 Å². The molecule has 0 bridgehead atoms. The second-order valence-electron chi connectivity index (χ2n) is 17.9. The van der Waals surface area contributed by atoms with E-state index in [1.54, 1.807) is 12.1 Å². The summed E-state index contributed by atoms with van der Waals surface area (Å²) in [6.45, 7) is 10.1. The molecule has 0 spiro atoms. The summed E-state index contributed by atoms with van der Waals surface area (Å²) in [5.74, 6) is 2.61. The van der Waals surface area contributed by atoms with Crippen LogP contribution in [0.3, 0.4) is 0 Å². The minimum absolute atomic E-state index is 0.0155. The molecule has 0 aliphatic heterocycles. The van der Waals surface area contributed by atoms with E-state index in [2.05, 4.69) is 27.7 Å². The van der Waals surface area contributed by atoms with E-state index in [1.807, 2.05) is 78.9 Å². The van der Waals surface area contributed by atoms with Gasteiger partial charge in [-0.1, -0.05) is 95.1 Å². The van der Waals surface area contributed by atoms with Crippen LogP contribution < -0.4 is 0 Å². The molecule has 3 aromatic rings. The highest BCUT2D eigenvalue weighted by Gasteiger charge is 2.63. The van der Waals surface area contributed by atoms with Crippen LogP contribution in [-0.4, -0.2) is 36.7 Å². The van der Waals surface area contributed by atoms with Crippen LogP contribution in [0.5, 0.6) is 0 Å². The summed E-state index contributed by atoms with van der Waals surface area (Å²) in [7, 11) is 0. The van der Waals surface area contributed by atoms with Crippen molar-refractivity contribution in [2.45, 2.75) is 111 Å². The number of hydrogen-bond donors (Lipinski definition) is 0. The number of rotatable bonds is 12. The molecule has 4 unspecified atom stereocenters. The first kappa shape index (κ1) is 38.3. The van der Waals surface area contributed by atoms with E-state index in [1.165, 1.54) is 19.3 Å². The number of esters is 3. The molecule has 0 heterocycles. The number of fused-ring (bicyclic) bond motifs is 5. The SMILES string of the molecule is CC(CCC[C@@H](C)[C@H]1C(OC(=O)c2ccccc2)C[C@H]2[C@@H]3CCC4CC(OC(=O)c5ccccc5)CC[C@]4(C)[C@H]3CC[C@]12C)COC(=O)c1ccccc1. The van der Waals surface area contributed by atoms with E-state index in [0.717, 1.165) is 51.4 Å². The number of benzene rings is 3. The Morgan fingerprint density at radius 2 is 1.22 bits per heavy atom. The maximum Gasteiger partial charge on any atom is 0.338 e. The Morgan fingerprint density at radius 3 is 1.85 bits per heavy atom. The topological polar surface area (TPSA) is 78.9 Å². The van der Waals surface area contributed by atoms with Crippen LogP contribution in [0, 0.1) is 52.3 Å². The molecule has 4 aliphatic rings. The maximum absolute atomic E-state index is 13.6. The van der Waals surface area contributed by atoms with E-state index in [4.69, 9.17) is 14.2 Å². The molecule has 11 atom stereocenters. The quantitative estimate of drug-likeness (QED) is 0.136. The number of hydrogen-bond acceptors (Lipinski definition) is 6. The van der Waals surface area contributed by atoms with Crippen LogP contribution in [0.15, 0.2) is 91.0 Å². The zero-order chi connectivity index (χ0) is 37.9. The van der Waals surface area contributed by atoms with Gasteiger partial charge in [0, 0.05) is 5.92 Å². The lowest BCUT2D eigenvalue weighted by molar-refractivity contribution is -0.131. The Morgan fingerprint density at radius 1 is 0.648 bits per heavy atom. The van der Waals surface area contributed by atoms with Gasteiger partial charge in [-0.15, -0.1) is 0 Å². The highest BCUT2D eigenvalue weighted by atomic mass is 16.5. The Labute approximate surface area is 322 Å². The summed E-state index contributed by atoms with van der Waals surface area (Å²) >= 11 is 0. The fraction of sp³-hybridized carbons (Fsp3) is 0.562.